The van der Waals surface area contributed by atoms with E-state index in [-0.39, 0.29) is 0 Å². The Kier molecular flexibility index (Phi) is 4.10. The van der Waals surface area contributed by atoms with Crippen molar-refractivity contribution in [3.05, 3.63) is 0 Å². The smallest absolute Gasteiger partial charge is 0.222 e. The minimum atomic E-state index is 0.373. The first-order valence-corrected chi connectivity index (χ1v) is 8.33. The Morgan fingerprint density at radius 3 is 2.67 bits per heavy atom. The van der Waals surface area contributed by atoms with Gasteiger partial charge in [-0.15, -0.1) is 0 Å². The molecule has 1 amide bonds. The molecule has 18 heavy (non-hydrogen) atoms. The molecule has 0 N–H and O–H groups in total. The third-order valence-corrected chi connectivity index (χ3v) is 5.07. The number of rotatable bonds is 4. The summed E-state index contributed by atoms with van der Waals surface area (Å²) in [5.41, 5.74) is 0.778. The highest BCUT2D eigenvalue weighted by atomic mass is 79.9. The zero-order valence-electron chi connectivity index (χ0n) is 12.0. The molecule has 0 aromatic carbocycles. The number of amides is 1. The molecule has 1 aliphatic carbocycles. The third-order valence-electron chi connectivity index (χ3n) is 4.51. The van der Waals surface area contributed by atoms with Crippen LogP contribution in [0.2, 0.25) is 0 Å². The first-order valence-electron chi connectivity index (χ1n) is 7.21. The maximum Gasteiger partial charge on any atom is 0.222 e. The van der Waals surface area contributed by atoms with Crippen molar-refractivity contribution in [1.82, 2.24) is 4.90 Å². The standard InChI is InChI=1S/C15H26BrNO/c1-14(2)8-12-9-15(3,10-14)11-17(12)13(18)6-4-5-7-16/h12H,4-11H2,1-3H3. The monoisotopic (exact) mass is 315 g/mol. The fraction of sp³-hybridized carbons (Fsp3) is 0.933. The Bertz CT molecular complexity index is 328. The third kappa shape index (κ3) is 3.09. The van der Waals surface area contributed by atoms with Gasteiger partial charge >= 0.3 is 0 Å². The van der Waals surface area contributed by atoms with Gasteiger partial charge in [0.2, 0.25) is 5.91 Å². The number of halogens is 1. The fourth-order valence-electron chi connectivity index (χ4n) is 4.27. The van der Waals surface area contributed by atoms with E-state index in [0.29, 0.717) is 22.8 Å². The van der Waals surface area contributed by atoms with Gasteiger partial charge in [0.15, 0.2) is 0 Å². The Hall–Kier alpha value is -0.0500. The largest absolute Gasteiger partial charge is 0.339 e. The van der Waals surface area contributed by atoms with Crippen LogP contribution in [0.25, 0.3) is 0 Å². The van der Waals surface area contributed by atoms with Crippen LogP contribution >= 0.6 is 15.9 Å². The number of hydrogen-bond donors (Lipinski definition) is 0. The van der Waals surface area contributed by atoms with Crippen molar-refractivity contribution >= 4 is 21.8 Å². The fourth-order valence-corrected chi connectivity index (χ4v) is 4.66. The van der Waals surface area contributed by atoms with Gasteiger partial charge in [-0.2, -0.15) is 0 Å². The second-order valence-electron chi connectivity index (χ2n) is 7.38. The Morgan fingerprint density at radius 2 is 2.00 bits per heavy atom. The van der Waals surface area contributed by atoms with Gasteiger partial charge in [0.1, 0.15) is 0 Å². The topological polar surface area (TPSA) is 20.3 Å². The van der Waals surface area contributed by atoms with Crippen LogP contribution in [0.1, 0.15) is 59.3 Å². The van der Waals surface area contributed by atoms with Crippen LogP contribution in [0.5, 0.6) is 0 Å². The molecule has 3 heteroatoms. The molecule has 1 saturated heterocycles. The van der Waals surface area contributed by atoms with Crippen molar-refractivity contribution < 1.29 is 4.79 Å². The lowest BCUT2D eigenvalue weighted by atomic mass is 9.65. The lowest BCUT2D eigenvalue weighted by molar-refractivity contribution is -0.132. The average molecular weight is 316 g/mol. The van der Waals surface area contributed by atoms with Gasteiger partial charge in [0.05, 0.1) is 0 Å². The highest BCUT2D eigenvalue weighted by molar-refractivity contribution is 9.09. The number of fused-ring (bicyclic) bond motifs is 2. The van der Waals surface area contributed by atoms with E-state index in [1.165, 1.54) is 19.3 Å². The van der Waals surface area contributed by atoms with Crippen molar-refractivity contribution in [2.75, 3.05) is 11.9 Å². The number of carbonyl (C=O) groups is 1. The summed E-state index contributed by atoms with van der Waals surface area (Å²) in [6, 6.07) is 0.509. The van der Waals surface area contributed by atoms with E-state index in [4.69, 9.17) is 0 Å². The molecule has 2 fully saturated rings. The summed E-state index contributed by atoms with van der Waals surface area (Å²) in [4.78, 5) is 14.5. The van der Waals surface area contributed by atoms with Crippen molar-refractivity contribution in [3.8, 4) is 0 Å². The van der Waals surface area contributed by atoms with Crippen LogP contribution in [-0.4, -0.2) is 28.7 Å². The number of likely N-dealkylation sites (tertiary alicyclic amines) is 1. The molecular formula is C15H26BrNO. The second kappa shape index (κ2) is 5.15. The van der Waals surface area contributed by atoms with E-state index in [0.717, 1.165) is 31.1 Å². The molecule has 2 atom stereocenters. The van der Waals surface area contributed by atoms with Crippen molar-refractivity contribution in [1.29, 1.82) is 0 Å². The van der Waals surface area contributed by atoms with Gasteiger partial charge in [-0.25, -0.2) is 0 Å². The van der Waals surface area contributed by atoms with Crippen molar-refractivity contribution in [2.24, 2.45) is 10.8 Å². The van der Waals surface area contributed by atoms with Crippen LogP contribution in [-0.2, 0) is 4.79 Å². The molecule has 0 spiro atoms. The van der Waals surface area contributed by atoms with Crippen molar-refractivity contribution in [3.63, 3.8) is 0 Å². The predicted molar refractivity (Wildman–Crippen MR) is 78.9 cm³/mol. The number of unbranched alkanes of at least 4 members (excludes halogenated alkanes) is 1. The molecule has 2 bridgehead atoms. The van der Waals surface area contributed by atoms with E-state index in [1.807, 2.05) is 0 Å². The number of nitrogens with zero attached hydrogens (tertiary/aromatic N) is 1. The molecule has 0 radical (unpaired) electrons. The highest BCUT2D eigenvalue weighted by Crippen LogP contribution is 2.52. The number of hydrogen-bond acceptors (Lipinski definition) is 1. The Labute approximate surface area is 120 Å². The summed E-state index contributed by atoms with van der Waals surface area (Å²) in [6.45, 7) is 8.08. The Morgan fingerprint density at radius 1 is 1.28 bits per heavy atom. The molecule has 1 heterocycles. The average Bonchev–Trinajstić information content (AvgIpc) is 2.48. The van der Waals surface area contributed by atoms with E-state index in [1.54, 1.807) is 0 Å². The highest BCUT2D eigenvalue weighted by Gasteiger charge is 2.50. The van der Waals surface area contributed by atoms with Gasteiger partial charge in [-0.05, 0) is 42.9 Å². The zero-order chi connectivity index (χ0) is 13.4. The normalized spacial score (nSPS) is 33.8. The molecular weight excluding hydrogens is 290 g/mol. The summed E-state index contributed by atoms with van der Waals surface area (Å²) >= 11 is 3.43. The SMILES string of the molecule is CC1(C)CC2CC(C)(CN2C(=O)CCCCBr)C1. The number of alkyl halides is 1. The minimum Gasteiger partial charge on any atom is -0.339 e. The maximum atomic E-state index is 12.3. The van der Waals surface area contributed by atoms with Crippen LogP contribution < -0.4 is 0 Å². The van der Waals surface area contributed by atoms with Crippen LogP contribution in [0.4, 0.5) is 0 Å². The van der Waals surface area contributed by atoms with Gasteiger partial charge < -0.3 is 4.90 Å². The van der Waals surface area contributed by atoms with Gasteiger partial charge in [-0.3, -0.25) is 4.79 Å². The van der Waals surface area contributed by atoms with Gasteiger partial charge in [0, 0.05) is 24.3 Å². The van der Waals surface area contributed by atoms with Crippen LogP contribution in [0.15, 0.2) is 0 Å². The maximum absolute atomic E-state index is 12.3. The number of carbonyl (C=O) groups excluding carboxylic acids is 1. The van der Waals surface area contributed by atoms with Crippen LogP contribution in [0, 0.1) is 10.8 Å². The summed E-state index contributed by atoms with van der Waals surface area (Å²) in [5, 5.41) is 1.01. The van der Waals surface area contributed by atoms with E-state index >= 15 is 0 Å². The lowest BCUT2D eigenvalue weighted by Crippen LogP contribution is -2.37. The summed E-state index contributed by atoms with van der Waals surface area (Å²) < 4.78 is 0. The Balaban J connectivity index is 1.98. The first kappa shape index (κ1) is 14.4. The molecule has 1 aliphatic heterocycles. The lowest BCUT2D eigenvalue weighted by Gasteiger charge is -2.39. The molecule has 0 aromatic heterocycles. The molecule has 2 nitrogen and oxygen atoms in total. The van der Waals surface area contributed by atoms with Crippen molar-refractivity contribution in [2.45, 2.75) is 65.3 Å². The molecule has 2 rings (SSSR count). The van der Waals surface area contributed by atoms with E-state index < -0.39 is 0 Å². The van der Waals surface area contributed by atoms with E-state index in [2.05, 4.69) is 41.6 Å². The summed E-state index contributed by atoms with van der Waals surface area (Å²) in [7, 11) is 0. The molecule has 104 valence electrons. The summed E-state index contributed by atoms with van der Waals surface area (Å²) in [6.07, 6.45) is 6.54. The first-order chi connectivity index (χ1) is 8.35. The predicted octanol–water partition coefficient (Wildman–Crippen LogP) is 3.98. The quantitative estimate of drug-likeness (QED) is 0.567. The molecule has 0 aromatic rings. The summed E-state index contributed by atoms with van der Waals surface area (Å²) in [5.74, 6) is 0.391. The molecule has 1 saturated carbocycles. The van der Waals surface area contributed by atoms with Crippen LogP contribution in [0.3, 0.4) is 0 Å². The zero-order valence-corrected chi connectivity index (χ0v) is 13.6. The van der Waals surface area contributed by atoms with E-state index in [9.17, 15) is 4.79 Å². The van der Waals surface area contributed by atoms with Gasteiger partial charge in [-0.1, -0.05) is 36.7 Å². The molecule has 2 unspecified atom stereocenters. The molecule has 2 aliphatic rings. The minimum absolute atomic E-state index is 0.373. The second-order valence-corrected chi connectivity index (χ2v) is 8.17. The van der Waals surface area contributed by atoms with Gasteiger partial charge in [0.25, 0.3) is 0 Å².